The number of amides is 1. The maximum Gasteiger partial charge on any atom is 0.253 e. The van der Waals surface area contributed by atoms with Gasteiger partial charge in [0.1, 0.15) is 7.85 Å². The van der Waals surface area contributed by atoms with Crippen molar-refractivity contribution < 1.29 is 9.90 Å². The Morgan fingerprint density at radius 1 is 1.27 bits per heavy atom. The number of rotatable bonds is 2. The van der Waals surface area contributed by atoms with E-state index in [4.69, 9.17) is 19.4 Å². The topological polar surface area (TPSA) is 49.3 Å². The molecule has 1 aromatic carbocycles. The van der Waals surface area contributed by atoms with Crippen LogP contribution in [0.4, 0.5) is 0 Å². The van der Waals surface area contributed by atoms with Crippen molar-refractivity contribution in [3.63, 3.8) is 0 Å². The zero-order valence-electron chi connectivity index (χ0n) is 12.4. The van der Waals surface area contributed by atoms with Gasteiger partial charge in [-0.15, -0.1) is 0 Å². The number of hydrogen-bond donors (Lipinski definition) is 2. The van der Waals surface area contributed by atoms with Crippen LogP contribution in [-0.4, -0.2) is 30.5 Å². The van der Waals surface area contributed by atoms with Crippen LogP contribution in [-0.2, 0) is 0 Å². The van der Waals surface area contributed by atoms with Gasteiger partial charge in [0.2, 0.25) is 0 Å². The highest BCUT2D eigenvalue weighted by molar-refractivity contribution is 6.38. The molecule has 3 nitrogen and oxygen atoms in total. The van der Waals surface area contributed by atoms with E-state index >= 15 is 0 Å². The van der Waals surface area contributed by atoms with Crippen LogP contribution < -0.4 is 10.8 Å². The average molecular weight is 316 g/mol. The van der Waals surface area contributed by atoms with E-state index in [9.17, 15) is 9.90 Å². The Bertz CT molecular complexity index is 619. The summed E-state index contributed by atoms with van der Waals surface area (Å²) in [7, 11) is 5.68. The quantitative estimate of drug-likeness (QED) is 0.818. The summed E-state index contributed by atoms with van der Waals surface area (Å²) in [6, 6.07) is 5.14. The third-order valence-corrected chi connectivity index (χ3v) is 6.09. The van der Waals surface area contributed by atoms with E-state index < -0.39 is 5.60 Å². The minimum atomic E-state index is -0.476. The van der Waals surface area contributed by atoms with E-state index in [0.29, 0.717) is 33.8 Å². The summed E-state index contributed by atoms with van der Waals surface area (Å²) in [6.45, 7) is 0. The predicted molar refractivity (Wildman–Crippen MR) is 86.6 cm³/mol. The molecule has 2 unspecified atom stereocenters. The van der Waals surface area contributed by atoms with Crippen molar-refractivity contribution in [2.45, 2.75) is 43.7 Å². The fraction of sp³-hybridized carbons (Fsp3) is 0.588. The van der Waals surface area contributed by atoms with E-state index in [1.807, 2.05) is 0 Å². The van der Waals surface area contributed by atoms with Crippen LogP contribution in [0.2, 0.25) is 5.02 Å². The van der Waals surface area contributed by atoms with Gasteiger partial charge in [0.05, 0.1) is 16.2 Å². The molecule has 4 saturated carbocycles. The van der Waals surface area contributed by atoms with Gasteiger partial charge in [0.15, 0.2) is 0 Å². The summed E-state index contributed by atoms with van der Waals surface area (Å²) >= 11 is 6.13. The largest absolute Gasteiger partial charge is 0.390 e. The lowest BCUT2D eigenvalue weighted by atomic mass is 9.52. The molecule has 22 heavy (non-hydrogen) atoms. The highest BCUT2D eigenvalue weighted by Crippen LogP contribution is 2.55. The van der Waals surface area contributed by atoms with Gasteiger partial charge in [-0.2, -0.15) is 0 Å². The van der Waals surface area contributed by atoms with Crippen molar-refractivity contribution in [1.29, 1.82) is 0 Å². The van der Waals surface area contributed by atoms with Crippen molar-refractivity contribution in [3.8, 4) is 0 Å². The van der Waals surface area contributed by atoms with Crippen molar-refractivity contribution in [3.05, 3.63) is 28.8 Å². The molecular weight excluding hydrogens is 296 g/mol. The SMILES string of the molecule is [B]c1ccc(C(=O)NC2C3CC4CC2CC(O)(C4)C3)c(Cl)c1. The number of carbonyl (C=O) groups is 1. The lowest BCUT2D eigenvalue weighted by molar-refractivity contribution is -0.136. The second-order valence-corrected chi connectivity index (χ2v) is 7.84. The Balaban J connectivity index is 1.53. The van der Waals surface area contributed by atoms with Crippen molar-refractivity contribution >= 4 is 30.8 Å². The smallest absolute Gasteiger partial charge is 0.253 e. The zero-order valence-corrected chi connectivity index (χ0v) is 13.1. The molecular formula is C17H19BClNO2. The normalized spacial score (nSPS) is 39.0. The summed E-state index contributed by atoms with van der Waals surface area (Å²) < 4.78 is 0. The molecule has 4 bridgehead atoms. The fourth-order valence-electron chi connectivity index (χ4n) is 5.16. The second-order valence-electron chi connectivity index (χ2n) is 7.43. The van der Waals surface area contributed by atoms with Gasteiger partial charge in [-0.25, -0.2) is 0 Å². The average Bonchev–Trinajstić information content (AvgIpc) is 2.40. The van der Waals surface area contributed by atoms with Gasteiger partial charge in [0.25, 0.3) is 5.91 Å². The molecule has 5 rings (SSSR count). The number of benzene rings is 1. The number of nitrogens with one attached hydrogen (secondary N) is 1. The highest BCUT2D eigenvalue weighted by atomic mass is 35.5. The molecule has 4 aliphatic carbocycles. The van der Waals surface area contributed by atoms with Gasteiger partial charge >= 0.3 is 0 Å². The van der Waals surface area contributed by atoms with Gasteiger partial charge in [-0.1, -0.05) is 23.1 Å². The first-order valence-corrected chi connectivity index (χ1v) is 8.40. The molecule has 0 spiro atoms. The fourth-order valence-corrected chi connectivity index (χ4v) is 5.44. The van der Waals surface area contributed by atoms with E-state index in [0.717, 1.165) is 32.1 Å². The first-order valence-electron chi connectivity index (χ1n) is 8.02. The van der Waals surface area contributed by atoms with Crippen molar-refractivity contribution in [2.75, 3.05) is 0 Å². The van der Waals surface area contributed by atoms with Crippen molar-refractivity contribution in [2.24, 2.45) is 17.8 Å². The number of carbonyl (C=O) groups excluding carboxylic acids is 1. The zero-order chi connectivity index (χ0) is 15.5. The Morgan fingerprint density at radius 2 is 1.95 bits per heavy atom. The first-order chi connectivity index (χ1) is 10.4. The highest BCUT2D eigenvalue weighted by Gasteiger charge is 2.55. The van der Waals surface area contributed by atoms with E-state index in [2.05, 4.69) is 5.32 Å². The minimum Gasteiger partial charge on any atom is -0.390 e. The van der Waals surface area contributed by atoms with Gasteiger partial charge in [-0.3, -0.25) is 4.79 Å². The van der Waals surface area contributed by atoms with Crippen LogP contribution in [0.1, 0.15) is 42.5 Å². The molecule has 2 atom stereocenters. The van der Waals surface area contributed by atoms with Gasteiger partial charge in [-0.05, 0) is 62.0 Å². The molecule has 1 amide bonds. The van der Waals surface area contributed by atoms with E-state index in [1.54, 1.807) is 18.2 Å². The molecule has 0 aliphatic heterocycles. The van der Waals surface area contributed by atoms with Crippen LogP contribution in [0.25, 0.3) is 0 Å². The first kappa shape index (κ1) is 14.6. The minimum absolute atomic E-state index is 0.130. The maximum absolute atomic E-state index is 12.5. The Morgan fingerprint density at radius 3 is 2.55 bits per heavy atom. The van der Waals surface area contributed by atoms with Gasteiger partial charge < -0.3 is 10.4 Å². The standard InChI is InChI=1S/C17H19BClNO2/c18-12-1-2-13(14(19)5-12)16(21)20-15-10-3-9-4-11(15)8-17(22,6-9)7-10/h1-2,5,9-11,15,22H,3-4,6-8H2,(H,20,21). The molecule has 4 fully saturated rings. The summed E-state index contributed by atoms with van der Waals surface area (Å²) in [5, 5.41) is 14.2. The number of aliphatic hydroxyl groups is 1. The third-order valence-electron chi connectivity index (χ3n) is 5.78. The lowest BCUT2D eigenvalue weighted by Gasteiger charge is -2.58. The summed E-state index contributed by atoms with van der Waals surface area (Å²) in [6.07, 6.45) is 4.84. The van der Waals surface area contributed by atoms with Crippen LogP contribution in [0.15, 0.2) is 18.2 Å². The Kier molecular flexibility index (Phi) is 3.32. The molecule has 114 valence electrons. The number of hydrogen-bond acceptors (Lipinski definition) is 2. The molecule has 2 N–H and O–H groups in total. The number of halogens is 1. The van der Waals surface area contributed by atoms with Crippen LogP contribution in [0.3, 0.4) is 0 Å². The van der Waals surface area contributed by atoms with Crippen molar-refractivity contribution in [1.82, 2.24) is 5.32 Å². The molecule has 5 heteroatoms. The maximum atomic E-state index is 12.5. The van der Waals surface area contributed by atoms with Crippen LogP contribution in [0.5, 0.6) is 0 Å². The van der Waals surface area contributed by atoms with Crippen LogP contribution in [0, 0.1) is 17.8 Å². The molecule has 2 radical (unpaired) electrons. The van der Waals surface area contributed by atoms with E-state index in [-0.39, 0.29) is 11.9 Å². The Hall–Kier alpha value is -0.995. The summed E-state index contributed by atoms with van der Waals surface area (Å²) in [5.74, 6) is 1.30. The van der Waals surface area contributed by atoms with E-state index in [1.165, 1.54) is 0 Å². The second kappa shape index (κ2) is 5.00. The molecule has 0 aromatic heterocycles. The molecule has 0 saturated heterocycles. The van der Waals surface area contributed by atoms with Gasteiger partial charge in [0, 0.05) is 6.04 Å². The molecule has 0 heterocycles. The third kappa shape index (κ3) is 2.37. The molecule has 4 aliphatic rings. The summed E-state index contributed by atoms with van der Waals surface area (Å²) in [4.78, 5) is 12.5. The Labute approximate surface area is 136 Å². The van der Waals surface area contributed by atoms with Crippen LogP contribution >= 0.6 is 11.6 Å². The monoisotopic (exact) mass is 315 g/mol. The lowest BCUT2D eigenvalue weighted by Crippen LogP contribution is -2.61. The summed E-state index contributed by atoms with van der Waals surface area (Å²) in [5.41, 5.74) is 0.554. The molecule has 1 aromatic rings. The predicted octanol–water partition coefficient (Wildman–Crippen LogP) is 1.80.